The maximum atomic E-state index is 13.3. The van der Waals surface area contributed by atoms with Crippen molar-refractivity contribution in [3.63, 3.8) is 0 Å². The minimum atomic E-state index is -0.218. The molecule has 7 heteroatoms. The number of amides is 1. The van der Waals surface area contributed by atoms with Crippen molar-refractivity contribution < 1.29 is 9.90 Å². The summed E-state index contributed by atoms with van der Waals surface area (Å²) in [6.45, 7) is 4.61. The van der Waals surface area contributed by atoms with Crippen LogP contribution >= 0.6 is 0 Å². The third kappa shape index (κ3) is 2.90. The topological polar surface area (TPSA) is 73.6 Å². The van der Waals surface area contributed by atoms with E-state index in [1.54, 1.807) is 23.3 Å². The molecule has 0 aliphatic rings. The fraction of sp³-hybridized carbons (Fsp3) is 0.273. The highest BCUT2D eigenvalue weighted by atomic mass is 16.3. The first kappa shape index (κ1) is 19.2. The van der Waals surface area contributed by atoms with Gasteiger partial charge in [-0.25, -0.2) is 10.4 Å². The summed E-state index contributed by atoms with van der Waals surface area (Å²) in [5.74, 6) is 0.000416. The van der Waals surface area contributed by atoms with Crippen LogP contribution in [-0.4, -0.2) is 51.3 Å². The lowest BCUT2D eigenvalue weighted by Gasteiger charge is -2.28. The summed E-state index contributed by atoms with van der Waals surface area (Å²) in [5.41, 5.74) is 6.64. The molecule has 150 valence electrons. The zero-order valence-corrected chi connectivity index (χ0v) is 17.3. The number of hydrazine groups is 2. The molecule has 0 aliphatic carbocycles. The lowest BCUT2D eigenvalue weighted by atomic mass is 10.00. The van der Waals surface area contributed by atoms with Gasteiger partial charge in [0.2, 0.25) is 0 Å². The Labute approximate surface area is 169 Å². The van der Waals surface area contributed by atoms with Crippen molar-refractivity contribution in [1.82, 2.24) is 25.1 Å². The van der Waals surface area contributed by atoms with E-state index in [0.29, 0.717) is 12.2 Å². The maximum Gasteiger partial charge on any atom is 0.302 e. The van der Waals surface area contributed by atoms with Crippen LogP contribution in [0.5, 0.6) is 5.75 Å². The van der Waals surface area contributed by atoms with Crippen molar-refractivity contribution in [2.75, 3.05) is 20.6 Å². The van der Waals surface area contributed by atoms with Gasteiger partial charge in [0.1, 0.15) is 11.4 Å². The van der Waals surface area contributed by atoms with Gasteiger partial charge in [-0.1, -0.05) is 6.92 Å². The Morgan fingerprint density at radius 3 is 2.59 bits per heavy atom. The Hall–Kier alpha value is -3.16. The van der Waals surface area contributed by atoms with Crippen LogP contribution in [0.1, 0.15) is 23.0 Å². The fourth-order valence-corrected chi connectivity index (χ4v) is 4.09. The molecule has 2 aromatic carbocycles. The van der Waals surface area contributed by atoms with Crippen LogP contribution in [0, 0.1) is 6.92 Å². The van der Waals surface area contributed by atoms with Crippen molar-refractivity contribution in [2.24, 2.45) is 7.05 Å². The first-order valence-electron chi connectivity index (χ1n) is 9.59. The van der Waals surface area contributed by atoms with Gasteiger partial charge in [0.25, 0.3) is 0 Å². The number of nitrogens with zero attached hydrogens (tertiary/aromatic N) is 4. The number of aromatic hydroxyl groups is 1. The van der Waals surface area contributed by atoms with Crippen LogP contribution in [-0.2, 0) is 7.05 Å². The summed E-state index contributed by atoms with van der Waals surface area (Å²) in [6.07, 6.45) is 1.68. The highest BCUT2D eigenvalue weighted by molar-refractivity contribution is 6.17. The molecule has 4 aromatic rings. The second-order valence-electron chi connectivity index (χ2n) is 7.39. The van der Waals surface area contributed by atoms with Crippen LogP contribution in [0.2, 0.25) is 0 Å². The molecule has 0 radical (unpaired) electrons. The number of benzene rings is 2. The number of hydrogen-bond acceptors (Lipinski definition) is 5. The Morgan fingerprint density at radius 2 is 1.90 bits per heavy atom. The van der Waals surface area contributed by atoms with E-state index < -0.39 is 0 Å². The summed E-state index contributed by atoms with van der Waals surface area (Å²) in [7, 11) is 5.64. The predicted octanol–water partition coefficient (Wildman–Crippen LogP) is 3.34. The SMILES string of the molecule is CCNN(C(=O)c1nccc2c(C)c3c(cc12)c1cc(O)ccc1n3C)N(C)C. The van der Waals surface area contributed by atoms with Crippen molar-refractivity contribution in [1.29, 1.82) is 0 Å². The third-order valence-corrected chi connectivity index (χ3v) is 5.36. The molecule has 0 saturated heterocycles. The van der Waals surface area contributed by atoms with Gasteiger partial charge in [0.05, 0.1) is 5.52 Å². The molecule has 2 N–H and O–H groups in total. The summed E-state index contributed by atoms with van der Waals surface area (Å²) in [5, 5.41) is 16.9. The number of fused-ring (bicyclic) bond motifs is 4. The fourth-order valence-electron chi connectivity index (χ4n) is 4.09. The first-order valence-corrected chi connectivity index (χ1v) is 9.59. The van der Waals surface area contributed by atoms with E-state index in [1.165, 1.54) is 5.12 Å². The molecule has 29 heavy (non-hydrogen) atoms. The van der Waals surface area contributed by atoms with E-state index in [0.717, 1.165) is 38.1 Å². The third-order valence-electron chi connectivity index (χ3n) is 5.36. The number of carbonyl (C=O) groups is 1. The summed E-state index contributed by atoms with van der Waals surface area (Å²) < 4.78 is 2.13. The van der Waals surface area contributed by atoms with Crippen LogP contribution in [0.25, 0.3) is 32.6 Å². The average Bonchev–Trinajstić information content (AvgIpc) is 2.97. The van der Waals surface area contributed by atoms with Crippen molar-refractivity contribution in [3.05, 3.63) is 47.8 Å². The van der Waals surface area contributed by atoms with E-state index in [-0.39, 0.29) is 11.7 Å². The van der Waals surface area contributed by atoms with Gasteiger partial charge >= 0.3 is 5.91 Å². The second-order valence-corrected chi connectivity index (χ2v) is 7.39. The van der Waals surface area contributed by atoms with Crippen molar-refractivity contribution in [2.45, 2.75) is 13.8 Å². The number of aromatic nitrogens is 2. The lowest BCUT2D eigenvalue weighted by Crippen LogP contribution is -2.51. The van der Waals surface area contributed by atoms with Gasteiger partial charge in [0, 0.05) is 55.6 Å². The quantitative estimate of drug-likeness (QED) is 0.522. The largest absolute Gasteiger partial charge is 0.508 e. The number of carbonyl (C=O) groups excluding carboxylic acids is 1. The van der Waals surface area contributed by atoms with E-state index >= 15 is 0 Å². The molecule has 2 aromatic heterocycles. The van der Waals surface area contributed by atoms with E-state index in [1.807, 2.05) is 46.3 Å². The van der Waals surface area contributed by atoms with Gasteiger partial charge in [-0.3, -0.25) is 9.78 Å². The van der Waals surface area contributed by atoms with Crippen LogP contribution < -0.4 is 5.43 Å². The van der Waals surface area contributed by atoms with Crippen LogP contribution in [0.3, 0.4) is 0 Å². The predicted molar refractivity (Wildman–Crippen MR) is 116 cm³/mol. The number of hydrogen-bond donors (Lipinski definition) is 2. The number of aryl methyl sites for hydroxylation is 2. The molecule has 0 spiro atoms. The average molecular weight is 391 g/mol. The van der Waals surface area contributed by atoms with Crippen LogP contribution in [0.15, 0.2) is 36.5 Å². The normalized spacial score (nSPS) is 11.8. The van der Waals surface area contributed by atoms with Gasteiger partial charge in [-0.15, -0.1) is 0 Å². The minimum Gasteiger partial charge on any atom is -0.508 e. The summed E-state index contributed by atoms with van der Waals surface area (Å²) in [6, 6.07) is 9.34. The zero-order chi connectivity index (χ0) is 20.9. The lowest BCUT2D eigenvalue weighted by molar-refractivity contribution is -0.0100. The molecule has 0 fully saturated rings. The number of nitrogens with one attached hydrogen (secondary N) is 1. The molecule has 7 nitrogen and oxygen atoms in total. The number of rotatable bonds is 4. The molecule has 0 unspecified atom stereocenters. The number of pyridine rings is 1. The molecular weight excluding hydrogens is 366 g/mol. The van der Waals surface area contributed by atoms with E-state index in [4.69, 9.17) is 0 Å². The molecule has 2 heterocycles. The van der Waals surface area contributed by atoms with Gasteiger partial charge in [-0.2, -0.15) is 5.12 Å². The molecule has 1 amide bonds. The van der Waals surface area contributed by atoms with Gasteiger partial charge in [0.15, 0.2) is 0 Å². The van der Waals surface area contributed by atoms with Gasteiger partial charge in [-0.05, 0) is 48.2 Å². The maximum absolute atomic E-state index is 13.3. The Bertz CT molecular complexity index is 1260. The summed E-state index contributed by atoms with van der Waals surface area (Å²) >= 11 is 0. The number of phenolic OH excluding ortho intramolecular Hbond substituents is 1. The summed E-state index contributed by atoms with van der Waals surface area (Å²) in [4.78, 5) is 17.7. The molecule has 0 atom stereocenters. The smallest absolute Gasteiger partial charge is 0.302 e. The Kier molecular flexibility index (Phi) is 4.64. The highest BCUT2D eigenvalue weighted by Gasteiger charge is 2.23. The van der Waals surface area contributed by atoms with Gasteiger partial charge < -0.3 is 9.67 Å². The highest BCUT2D eigenvalue weighted by Crippen LogP contribution is 2.37. The molecule has 0 saturated carbocycles. The van der Waals surface area contributed by atoms with Crippen molar-refractivity contribution in [3.8, 4) is 5.75 Å². The second kappa shape index (κ2) is 7.02. The molecular formula is C22H25N5O2. The van der Waals surface area contributed by atoms with E-state index in [9.17, 15) is 9.90 Å². The van der Waals surface area contributed by atoms with Crippen LogP contribution in [0.4, 0.5) is 0 Å². The standard InChI is InChI=1S/C22H25N5O2/c1-6-24-27(25(3)4)22(29)20-17-12-18-16-11-14(28)7-8-19(16)26(5)21(18)13(2)15(17)9-10-23-20/h7-12,24,28H,6H2,1-5H3. The first-order chi connectivity index (χ1) is 13.8. The molecule has 4 rings (SSSR count). The van der Waals surface area contributed by atoms with E-state index in [2.05, 4.69) is 21.9 Å². The molecule has 0 bridgehead atoms. The van der Waals surface area contributed by atoms with Crippen molar-refractivity contribution >= 4 is 38.5 Å². The minimum absolute atomic E-state index is 0.218. The Balaban J connectivity index is 2.06. The molecule has 0 aliphatic heterocycles. The monoisotopic (exact) mass is 391 g/mol. The Morgan fingerprint density at radius 1 is 1.14 bits per heavy atom. The number of phenols is 1. The zero-order valence-electron chi connectivity index (χ0n) is 17.3.